The molecule has 1 aliphatic heterocycles. The highest BCUT2D eigenvalue weighted by Crippen LogP contribution is 2.34. The van der Waals surface area contributed by atoms with Gasteiger partial charge in [-0.25, -0.2) is 0 Å². The Morgan fingerprint density at radius 1 is 1.53 bits per heavy atom. The summed E-state index contributed by atoms with van der Waals surface area (Å²) in [4.78, 5) is 2.44. The van der Waals surface area contributed by atoms with E-state index in [4.69, 9.17) is 10.9 Å². The van der Waals surface area contributed by atoms with Crippen LogP contribution < -0.4 is 5.73 Å². The normalized spacial score (nSPS) is 22.9. The maximum Gasteiger partial charge on any atom is 0.155 e. The highest BCUT2D eigenvalue weighted by molar-refractivity contribution is 8.00. The minimum atomic E-state index is -0.140. The molecule has 15 heavy (non-hydrogen) atoms. The van der Waals surface area contributed by atoms with Gasteiger partial charge in [-0.15, -0.1) is 0 Å². The molecule has 3 N–H and O–H groups in total. The van der Waals surface area contributed by atoms with Gasteiger partial charge in [0.2, 0.25) is 0 Å². The van der Waals surface area contributed by atoms with Gasteiger partial charge in [0.25, 0.3) is 0 Å². The topological polar surface area (TPSA) is 61.8 Å². The van der Waals surface area contributed by atoms with Gasteiger partial charge in [0.15, 0.2) is 5.84 Å². The van der Waals surface area contributed by atoms with Crippen LogP contribution in [0.5, 0.6) is 0 Å². The van der Waals surface area contributed by atoms with Crippen molar-refractivity contribution in [1.82, 2.24) is 4.90 Å². The predicted molar refractivity (Wildman–Crippen MR) is 65.6 cm³/mol. The number of rotatable bonds is 4. The standard InChI is InChI=1S/C10H21N3OS/c1-3-6-13-7-4-10(15-2,5-8-13)9(11)12-14/h14H,3-8H2,1-2H3,(H2,11,12). The number of hydrogen-bond acceptors (Lipinski definition) is 4. The first kappa shape index (κ1) is 12.6. The molecule has 0 atom stereocenters. The molecule has 1 heterocycles. The van der Waals surface area contributed by atoms with Crippen molar-refractivity contribution in [2.45, 2.75) is 30.9 Å². The van der Waals surface area contributed by atoms with Crippen molar-refractivity contribution in [3.05, 3.63) is 0 Å². The summed E-state index contributed by atoms with van der Waals surface area (Å²) in [7, 11) is 0. The number of likely N-dealkylation sites (tertiary alicyclic amines) is 1. The Bertz CT molecular complexity index is 225. The molecular weight excluding hydrogens is 210 g/mol. The summed E-state index contributed by atoms with van der Waals surface area (Å²) >= 11 is 1.70. The van der Waals surface area contributed by atoms with E-state index in [1.807, 2.05) is 6.26 Å². The van der Waals surface area contributed by atoms with Gasteiger partial charge in [-0.05, 0) is 45.2 Å². The second-order valence-corrected chi connectivity index (χ2v) is 5.22. The van der Waals surface area contributed by atoms with E-state index in [0.717, 1.165) is 32.5 Å². The number of nitrogens with zero attached hydrogens (tertiary/aromatic N) is 2. The lowest BCUT2D eigenvalue weighted by atomic mass is 9.94. The van der Waals surface area contributed by atoms with Gasteiger partial charge in [0.05, 0.1) is 4.75 Å². The summed E-state index contributed by atoms with van der Waals surface area (Å²) in [6.07, 6.45) is 5.18. The lowest BCUT2D eigenvalue weighted by Gasteiger charge is -2.39. The Hall–Kier alpha value is -0.420. The molecule has 0 aromatic carbocycles. The van der Waals surface area contributed by atoms with Crippen LogP contribution in [0.4, 0.5) is 0 Å². The van der Waals surface area contributed by atoms with E-state index in [1.54, 1.807) is 11.8 Å². The summed E-state index contributed by atoms with van der Waals surface area (Å²) < 4.78 is -0.140. The van der Waals surface area contributed by atoms with Crippen LogP contribution in [0.2, 0.25) is 0 Å². The van der Waals surface area contributed by atoms with Crippen LogP contribution in [0.1, 0.15) is 26.2 Å². The van der Waals surface area contributed by atoms with Crippen molar-refractivity contribution in [2.75, 3.05) is 25.9 Å². The molecule has 88 valence electrons. The van der Waals surface area contributed by atoms with E-state index in [1.165, 1.54) is 6.42 Å². The van der Waals surface area contributed by atoms with Crippen molar-refractivity contribution in [3.63, 3.8) is 0 Å². The van der Waals surface area contributed by atoms with Gasteiger partial charge in [-0.1, -0.05) is 12.1 Å². The summed E-state index contributed by atoms with van der Waals surface area (Å²) in [5.41, 5.74) is 5.77. The lowest BCUT2D eigenvalue weighted by molar-refractivity contribution is 0.217. The third-order valence-corrected chi connectivity index (χ3v) is 4.57. The molecule has 4 nitrogen and oxygen atoms in total. The second kappa shape index (κ2) is 5.61. The highest BCUT2D eigenvalue weighted by Gasteiger charge is 2.37. The van der Waals surface area contributed by atoms with Crippen LogP contribution in [-0.2, 0) is 0 Å². The van der Waals surface area contributed by atoms with Crippen molar-refractivity contribution in [3.8, 4) is 0 Å². The van der Waals surface area contributed by atoms with E-state index >= 15 is 0 Å². The largest absolute Gasteiger partial charge is 0.409 e. The van der Waals surface area contributed by atoms with Gasteiger partial charge >= 0.3 is 0 Å². The highest BCUT2D eigenvalue weighted by atomic mass is 32.2. The Morgan fingerprint density at radius 2 is 2.13 bits per heavy atom. The molecule has 1 fully saturated rings. The van der Waals surface area contributed by atoms with E-state index in [0.29, 0.717) is 5.84 Å². The molecule has 1 aliphatic rings. The summed E-state index contributed by atoms with van der Waals surface area (Å²) in [5.74, 6) is 0.381. The van der Waals surface area contributed by atoms with Crippen molar-refractivity contribution < 1.29 is 5.21 Å². The fraction of sp³-hybridized carbons (Fsp3) is 0.900. The molecule has 1 rings (SSSR count). The van der Waals surface area contributed by atoms with Gasteiger partial charge in [-0.3, -0.25) is 0 Å². The van der Waals surface area contributed by atoms with Gasteiger partial charge in [-0.2, -0.15) is 11.8 Å². The number of nitrogens with two attached hydrogens (primary N) is 1. The fourth-order valence-corrected chi connectivity index (χ4v) is 2.95. The molecule has 5 heteroatoms. The Balaban J connectivity index is 2.59. The third kappa shape index (κ3) is 2.78. The molecule has 0 saturated carbocycles. The van der Waals surface area contributed by atoms with Crippen LogP contribution in [0.15, 0.2) is 5.16 Å². The summed E-state index contributed by atoms with van der Waals surface area (Å²) in [6, 6.07) is 0. The van der Waals surface area contributed by atoms with Crippen LogP contribution in [0.25, 0.3) is 0 Å². The van der Waals surface area contributed by atoms with Crippen molar-refractivity contribution >= 4 is 17.6 Å². The first-order valence-electron chi connectivity index (χ1n) is 5.44. The molecule has 0 unspecified atom stereocenters. The lowest BCUT2D eigenvalue weighted by Crippen LogP contribution is -2.50. The average Bonchev–Trinajstić information content (AvgIpc) is 2.30. The molecule has 0 bridgehead atoms. The zero-order valence-corrected chi connectivity index (χ0v) is 10.4. The summed E-state index contributed by atoms with van der Waals surface area (Å²) in [5, 5.41) is 12.0. The monoisotopic (exact) mass is 231 g/mol. The van der Waals surface area contributed by atoms with Gasteiger partial charge < -0.3 is 15.8 Å². The first-order chi connectivity index (χ1) is 7.18. The predicted octanol–water partition coefficient (Wildman–Crippen LogP) is 1.34. The first-order valence-corrected chi connectivity index (χ1v) is 6.66. The minimum absolute atomic E-state index is 0.140. The quantitative estimate of drug-likeness (QED) is 0.332. The third-order valence-electron chi connectivity index (χ3n) is 3.17. The van der Waals surface area contributed by atoms with E-state index in [9.17, 15) is 0 Å². The van der Waals surface area contributed by atoms with Crippen molar-refractivity contribution in [2.24, 2.45) is 10.9 Å². The smallest absolute Gasteiger partial charge is 0.155 e. The van der Waals surface area contributed by atoms with E-state index in [-0.39, 0.29) is 4.75 Å². The van der Waals surface area contributed by atoms with Crippen LogP contribution >= 0.6 is 11.8 Å². The van der Waals surface area contributed by atoms with E-state index < -0.39 is 0 Å². The average molecular weight is 231 g/mol. The zero-order chi connectivity index (χ0) is 11.3. The number of amidine groups is 1. The minimum Gasteiger partial charge on any atom is -0.409 e. The number of oxime groups is 1. The number of thioether (sulfide) groups is 1. The van der Waals surface area contributed by atoms with Crippen LogP contribution in [0.3, 0.4) is 0 Å². The van der Waals surface area contributed by atoms with Gasteiger partial charge in [0, 0.05) is 0 Å². The van der Waals surface area contributed by atoms with Crippen LogP contribution in [-0.4, -0.2) is 46.6 Å². The maximum absolute atomic E-state index is 8.79. The van der Waals surface area contributed by atoms with E-state index in [2.05, 4.69) is 17.0 Å². The SMILES string of the molecule is CCCN1CCC(SC)(C(N)=NO)CC1. The Morgan fingerprint density at radius 3 is 2.53 bits per heavy atom. The number of hydrogen-bond donors (Lipinski definition) is 2. The van der Waals surface area contributed by atoms with Gasteiger partial charge in [0.1, 0.15) is 0 Å². The molecule has 0 aliphatic carbocycles. The molecule has 1 saturated heterocycles. The zero-order valence-electron chi connectivity index (χ0n) is 9.57. The molecule has 0 amide bonds. The molecular formula is C10H21N3OS. The molecule has 0 aromatic heterocycles. The Kier molecular flexibility index (Phi) is 4.73. The fourth-order valence-electron chi connectivity index (χ4n) is 2.11. The van der Waals surface area contributed by atoms with Crippen molar-refractivity contribution in [1.29, 1.82) is 0 Å². The molecule has 0 radical (unpaired) electrons. The summed E-state index contributed by atoms with van der Waals surface area (Å²) in [6.45, 7) is 5.44. The van der Waals surface area contributed by atoms with Crippen LogP contribution in [0, 0.1) is 0 Å². The maximum atomic E-state index is 8.79. The second-order valence-electron chi connectivity index (χ2n) is 4.03. The Labute approximate surface area is 95.9 Å². The molecule has 0 spiro atoms. The molecule has 0 aromatic rings. The number of piperidine rings is 1.